The number of aromatic nitrogens is 1. The molecule has 1 aromatic rings. The number of hydrogen-bond acceptors (Lipinski definition) is 4. The van der Waals surface area contributed by atoms with Crippen LogP contribution in [0.3, 0.4) is 0 Å². The van der Waals surface area contributed by atoms with E-state index in [0.29, 0.717) is 12.5 Å². The van der Waals surface area contributed by atoms with Crippen LogP contribution < -0.4 is 0 Å². The number of thiazole rings is 1. The van der Waals surface area contributed by atoms with Crippen LogP contribution in [0.25, 0.3) is 0 Å². The highest BCUT2D eigenvalue weighted by atomic mass is 32.1. The van der Waals surface area contributed by atoms with Crippen LogP contribution >= 0.6 is 11.3 Å². The minimum absolute atomic E-state index is 0.234. The van der Waals surface area contributed by atoms with E-state index in [9.17, 15) is 4.79 Å². The summed E-state index contributed by atoms with van der Waals surface area (Å²) in [7, 11) is 2.03. The lowest BCUT2D eigenvalue weighted by molar-refractivity contribution is -0.137. The molecule has 0 amide bonds. The molecule has 0 radical (unpaired) electrons. The van der Waals surface area contributed by atoms with E-state index in [1.165, 1.54) is 4.88 Å². The Balaban J connectivity index is 2.54. The van der Waals surface area contributed by atoms with Crippen LogP contribution in [-0.4, -0.2) is 34.6 Å². The molecular weight excluding hydrogens is 236 g/mol. The molecule has 1 N–H and O–H groups in total. The van der Waals surface area contributed by atoms with Crippen molar-refractivity contribution in [2.75, 3.05) is 13.6 Å². The number of rotatable bonds is 6. The van der Waals surface area contributed by atoms with Gasteiger partial charge < -0.3 is 5.11 Å². The Hall–Kier alpha value is -0.940. The predicted octanol–water partition coefficient (Wildman–Crippen LogP) is 2.62. The maximum atomic E-state index is 10.5. The largest absolute Gasteiger partial charge is 0.481 e. The maximum Gasteiger partial charge on any atom is 0.303 e. The molecule has 96 valence electrons. The van der Waals surface area contributed by atoms with Gasteiger partial charge in [0.1, 0.15) is 0 Å². The molecule has 0 aromatic carbocycles. The summed E-state index contributed by atoms with van der Waals surface area (Å²) in [5, 5.41) is 9.69. The summed E-state index contributed by atoms with van der Waals surface area (Å²) in [4.78, 5) is 18.3. The fourth-order valence-corrected chi connectivity index (χ4v) is 2.85. The number of nitrogens with zero attached hydrogens (tertiary/aromatic N) is 2. The highest BCUT2D eigenvalue weighted by molar-refractivity contribution is 7.11. The Labute approximate surface area is 106 Å². The van der Waals surface area contributed by atoms with Crippen LogP contribution in [0.2, 0.25) is 0 Å². The molecule has 0 aliphatic rings. The van der Waals surface area contributed by atoms with Gasteiger partial charge in [-0.25, -0.2) is 4.98 Å². The summed E-state index contributed by atoms with van der Waals surface area (Å²) < 4.78 is 0. The molecule has 1 atom stereocenters. The summed E-state index contributed by atoms with van der Waals surface area (Å²) in [5.41, 5.74) is 1.09. The summed E-state index contributed by atoms with van der Waals surface area (Å²) in [5.74, 6) is -0.726. The first-order valence-corrected chi connectivity index (χ1v) is 6.59. The number of carboxylic acids is 1. The fraction of sp³-hybridized carbons (Fsp3) is 0.667. The number of carbonyl (C=O) groups is 1. The zero-order valence-corrected chi connectivity index (χ0v) is 11.7. The van der Waals surface area contributed by atoms with Gasteiger partial charge in [0.15, 0.2) is 0 Å². The standard InChI is InChI=1S/C12H20N2O2S/c1-8-12(17-10(3)13-8)9(2)14(4)7-5-6-11(15)16/h9H,5-7H2,1-4H3,(H,15,16). The molecule has 0 aliphatic heterocycles. The van der Waals surface area contributed by atoms with Gasteiger partial charge in [0.2, 0.25) is 0 Å². The molecule has 17 heavy (non-hydrogen) atoms. The summed E-state index contributed by atoms with van der Waals surface area (Å²) in [6.45, 7) is 6.98. The third-order valence-electron chi connectivity index (χ3n) is 2.88. The van der Waals surface area contributed by atoms with Crippen molar-refractivity contribution in [1.29, 1.82) is 0 Å². The van der Waals surface area contributed by atoms with Gasteiger partial charge in [-0.3, -0.25) is 9.69 Å². The molecule has 4 nitrogen and oxygen atoms in total. The van der Waals surface area contributed by atoms with E-state index in [1.807, 2.05) is 20.9 Å². The predicted molar refractivity (Wildman–Crippen MR) is 69.5 cm³/mol. The molecule has 0 saturated carbocycles. The molecular formula is C12H20N2O2S. The zero-order chi connectivity index (χ0) is 13.0. The SMILES string of the molecule is Cc1nc(C)c(C(C)N(C)CCCC(=O)O)s1. The quantitative estimate of drug-likeness (QED) is 0.850. The van der Waals surface area contributed by atoms with Gasteiger partial charge >= 0.3 is 5.97 Å². The van der Waals surface area contributed by atoms with Crippen LogP contribution in [0.4, 0.5) is 0 Å². The average Bonchev–Trinajstić information content (AvgIpc) is 2.56. The van der Waals surface area contributed by atoms with Crippen molar-refractivity contribution in [2.45, 2.75) is 39.7 Å². The van der Waals surface area contributed by atoms with Crippen LogP contribution in [-0.2, 0) is 4.79 Å². The average molecular weight is 256 g/mol. The van der Waals surface area contributed by atoms with E-state index >= 15 is 0 Å². The number of aliphatic carboxylic acids is 1. The molecule has 0 bridgehead atoms. The van der Waals surface area contributed by atoms with E-state index in [-0.39, 0.29) is 6.42 Å². The third kappa shape index (κ3) is 4.09. The van der Waals surface area contributed by atoms with E-state index in [1.54, 1.807) is 11.3 Å². The molecule has 5 heteroatoms. The van der Waals surface area contributed by atoms with Crippen molar-refractivity contribution in [1.82, 2.24) is 9.88 Å². The molecule has 0 fully saturated rings. The van der Waals surface area contributed by atoms with Gasteiger partial charge in [0, 0.05) is 17.3 Å². The van der Waals surface area contributed by atoms with Crippen molar-refractivity contribution in [3.63, 3.8) is 0 Å². The first-order chi connectivity index (χ1) is 7.91. The lowest BCUT2D eigenvalue weighted by atomic mass is 10.2. The first kappa shape index (κ1) is 14.1. The van der Waals surface area contributed by atoms with E-state index < -0.39 is 5.97 Å². The maximum absolute atomic E-state index is 10.5. The lowest BCUT2D eigenvalue weighted by Gasteiger charge is -2.23. The van der Waals surface area contributed by atoms with Crippen LogP contribution in [0, 0.1) is 13.8 Å². The second-order valence-corrected chi connectivity index (χ2v) is 5.57. The Morgan fingerprint density at radius 2 is 2.18 bits per heavy atom. The number of carboxylic acid groups (broad SMARTS) is 1. The van der Waals surface area contributed by atoms with Crippen molar-refractivity contribution >= 4 is 17.3 Å². The highest BCUT2D eigenvalue weighted by Crippen LogP contribution is 2.28. The number of hydrogen-bond donors (Lipinski definition) is 1. The van der Waals surface area contributed by atoms with Crippen LogP contribution in [0.1, 0.15) is 41.4 Å². The molecule has 0 saturated heterocycles. The normalized spacial score (nSPS) is 13.0. The Morgan fingerprint density at radius 3 is 2.65 bits per heavy atom. The smallest absolute Gasteiger partial charge is 0.303 e. The molecule has 0 spiro atoms. The molecule has 1 rings (SSSR count). The summed E-state index contributed by atoms with van der Waals surface area (Å²) >= 11 is 1.72. The molecule has 0 aliphatic carbocycles. The van der Waals surface area contributed by atoms with Gasteiger partial charge in [-0.15, -0.1) is 11.3 Å². The first-order valence-electron chi connectivity index (χ1n) is 5.77. The van der Waals surface area contributed by atoms with E-state index in [2.05, 4.69) is 16.8 Å². The zero-order valence-electron chi connectivity index (χ0n) is 10.9. The van der Waals surface area contributed by atoms with Gasteiger partial charge in [-0.05, 0) is 40.8 Å². The molecule has 1 unspecified atom stereocenters. The summed E-state index contributed by atoms with van der Waals surface area (Å²) in [6, 6.07) is 0.301. The minimum Gasteiger partial charge on any atom is -0.481 e. The van der Waals surface area contributed by atoms with E-state index in [4.69, 9.17) is 5.11 Å². The summed E-state index contributed by atoms with van der Waals surface area (Å²) in [6.07, 6.45) is 0.921. The monoisotopic (exact) mass is 256 g/mol. The van der Waals surface area contributed by atoms with Gasteiger partial charge in [-0.2, -0.15) is 0 Å². The van der Waals surface area contributed by atoms with Crippen molar-refractivity contribution < 1.29 is 9.90 Å². The van der Waals surface area contributed by atoms with Gasteiger partial charge in [-0.1, -0.05) is 0 Å². The van der Waals surface area contributed by atoms with Crippen LogP contribution in [0.15, 0.2) is 0 Å². The minimum atomic E-state index is -0.726. The van der Waals surface area contributed by atoms with Gasteiger partial charge in [0.05, 0.1) is 10.7 Å². The Morgan fingerprint density at radius 1 is 1.53 bits per heavy atom. The topological polar surface area (TPSA) is 53.4 Å². The molecule has 1 heterocycles. The van der Waals surface area contributed by atoms with Crippen molar-refractivity contribution in [3.8, 4) is 0 Å². The Bertz CT molecular complexity index is 390. The fourth-order valence-electron chi connectivity index (χ4n) is 1.81. The molecule has 1 aromatic heterocycles. The van der Waals surface area contributed by atoms with Crippen molar-refractivity contribution in [2.24, 2.45) is 0 Å². The lowest BCUT2D eigenvalue weighted by Crippen LogP contribution is -2.24. The van der Waals surface area contributed by atoms with Crippen molar-refractivity contribution in [3.05, 3.63) is 15.6 Å². The second-order valence-electron chi connectivity index (χ2n) is 4.34. The van der Waals surface area contributed by atoms with E-state index in [0.717, 1.165) is 17.2 Å². The second kappa shape index (κ2) is 6.12. The van der Waals surface area contributed by atoms with Crippen LogP contribution in [0.5, 0.6) is 0 Å². The third-order valence-corrected chi connectivity index (χ3v) is 4.12. The Kier molecular flexibility index (Phi) is 5.08. The number of aryl methyl sites for hydroxylation is 2. The van der Waals surface area contributed by atoms with Gasteiger partial charge in [0.25, 0.3) is 0 Å². The highest BCUT2D eigenvalue weighted by Gasteiger charge is 2.17.